The van der Waals surface area contributed by atoms with E-state index in [9.17, 15) is 9.18 Å². The molecule has 0 amide bonds. The topological polar surface area (TPSA) is 37.3 Å². The van der Waals surface area contributed by atoms with Crippen molar-refractivity contribution in [2.24, 2.45) is 5.41 Å². The van der Waals surface area contributed by atoms with E-state index >= 15 is 0 Å². The van der Waals surface area contributed by atoms with Crippen molar-refractivity contribution < 1.29 is 14.3 Å². The Bertz CT molecular complexity index is 155. The van der Waals surface area contributed by atoms with Gasteiger partial charge in [0.25, 0.3) is 0 Å². The van der Waals surface area contributed by atoms with E-state index < -0.39 is 18.1 Å². The lowest BCUT2D eigenvalue weighted by molar-refractivity contribution is -0.139. The van der Waals surface area contributed by atoms with Gasteiger partial charge >= 0.3 is 5.97 Å². The third-order valence-corrected chi connectivity index (χ3v) is 3.30. The molecular formula is C7H11FO2S. The molecular weight excluding hydrogens is 167 g/mol. The number of rotatable bonds is 3. The highest BCUT2D eigenvalue weighted by Crippen LogP contribution is 2.39. The van der Waals surface area contributed by atoms with Crippen molar-refractivity contribution in [2.45, 2.75) is 12.8 Å². The Hall–Kier alpha value is -0.250. The molecule has 1 aliphatic rings. The van der Waals surface area contributed by atoms with Crippen LogP contribution in [0.3, 0.4) is 0 Å². The Morgan fingerprint density at radius 2 is 2.45 bits per heavy atom. The molecule has 64 valence electrons. The SMILES string of the molecule is O=C(O)CC1(CF)CCSC1. The molecule has 2 nitrogen and oxygen atoms in total. The van der Waals surface area contributed by atoms with E-state index in [2.05, 4.69) is 0 Å². The van der Waals surface area contributed by atoms with Crippen molar-refractivity contribution in [3.05, 3.63) is 0 Å². The minimum Gasteiger partial charge on any atom is -0.481 e. The lowest BCUT2D eigenvalue weighted by atomic mass is 9.86. The lowest BCUT2D eigenvalue weighted by Crippen LogP contribution is -2.26. The monoisotopic (exact) mass is 178 g/mol. The Morgan fingerprint density at radius 3 is 2.82 bits per heavy atom. The van der Waals surface area contributed by atoms with Gasteiger partial charge in [0.2, 0.25) is 0 Å². The van der Waals surface area contributed by atoms with E-state index in [-0.39, 0.29) is 6.42 Å². The molecule has 0 aromatic carbocycles. The molecule has 1 aliphatic heterocycles. The number of alkyl halides is 1. The van der Waals surface area contributed by atoms with Crippen LogP contribution in [0.1, 0.15) is 12.8 Å². The van der Waals surface area contributed by atoms with Crippen molar-refractivity contribution in [3.8, 4) is 0 Å². The normalized spacial score (nSPS) is 30.6. The number of hydrogen-bond acceptors (Lipinski definition) is 2. The minimum absolute atomic E-state index is 0.0174. The van der Waals surface area contributed by atoms with Crippen LogP contribution in [0.4, 0.5) is 4.39 Å². The number of carbonyl (C=O) groups is 1. The summed E-state index contributed by atoms with van der Waals surface area (Å²) in [6, 6.07) is 0. The number of carboxylic acid groups (broad SMARTS) is 1. The number of hydrogen-bond donors (Lipinski definition) is 1. The molecule has 0 aromatic heterocycles. The van der Waals surface area contributed by atoms with E-state index in [1.165, 1.54) is 0 Å². The minimum atomic E-state index is -0.884. The highest BCUT2D eigenvalue weighted by molar-refractivity contribution is 7.99. The second kappa shape index (κ2) is 3.43. The highest BCUT2D eigenvalue weighted by Gasteiger charge is 2.36. The van der Waals surface area contributed by atoms with Gasteiger partial charge in [-0.15, -0.1) is 0 Å². The van der Waals surface area contributed by atoms with Gasteiger partial charge in [-0.2, -0.15) is 11.8 Å². The van der Waals surface area contributed by atoms with Crippen LogP contribution in [0.2, 0.25) is 0 Å². The van der Waals surface area contributed by atoms with Crippen LogP contribution in [0.25, 0.3) is 0 Å². The standard InChI is InChI=1S/C7H11FO2S/c8-4-7(3-6(9)10)1-2-11-5-7/h1-5H2,(H,9,10). The van der Waals surface area contributed by atoms with E-state index in [0.29, 0.717) is 12.2 Å². The summed E-state index contributed by atoms with van der Waals surface area (Å²) >= 11 is 1.64. The summed E-state index contributed by atoms with van der Waals surface area (Å²) in [5.41, 5.74) is -0.545. The summed E-state index contributed by atoms with van der Waals surface area (Å²) in [7, 11) is 0. The van der Waals surface area contributed by atoms with E-state index in [1.54, 1.807) is 11.8 Å². The first-order valence-corrected chi connectivity index (χ1v) is 4.69. The van der Waals surface area contributed by atoms with Crippen molar-refractivity contribution in [1.82, 2.24) is 0 Å². The zero-order valence-corrected chi connectivity index (χ0v) is 6.99. The van der Waals surface area contributed by atoms with Crippen molar-refractivity contribution in [1.29, 1.82) is 0 Å². The summed E-state index contributed by atoms with van der Waals surface area (Å²) in [6.07, 6.45) is 0.691. The molecule has 4 heteroatoms. The third-order valence-electron chi connectivity index (χ3n) is 1.99. The largest absolute Gasteiger partial charge is 0.481 e. The van der Waals surface area contributed by atoms with Crippen LogP contribution in [-0.2, 0) is 4.79 Å². The number of carboxylic acids is 1. The predicted molar refractivity (Wildman–Crippen MR) is 42.6 cm³/mol. The van der Waals surface area contributed by atoms with Gasteiger partial charge in [-0.05, 0) is 12.2 Å². The average Bonchev–Trinajstić information content (AvgIpc) is 2.36. The molecule has 1 heterocycles. The highest BCUT2D eigenvalue weighted by atomic mass is 32.2. The summed E-state index contributed by atoms with van der Waals surface area (Å²) in [5.74, 6) is 0.678. The van der Waals surface area contributed by atoms with Gasteiger partial charge in [-0.25, -0.2) is 0 Å². The maximum absolute atomic E-state index is 12.4. The molecule has 0 radical (unpaired) electrons. The van der Waals surface area contributed by atoms with Crippen LogP contribution in [0, 0.1) is 5.41 Å². The summed E-state index contributed by atoms with van der Waals surface area (Å²) in [5, 5.41) is 8.49. The van der Waals surface area contributed by atoms with Crippen LogP contribution in [0.15, 0.2) is 0 Å². The smallest absolute Gasteiger partial charge is 0.304 e. The van der Waals surface area contributed by atoms with E-state index in [1.807, 2.05) is 0 Å². The Balaban J connectivity index is 2.52. The van der Waals surface area contributed by atoms with Crippen molar-refractivity contribution in [3.63, 3.8) is 0 Å². The van der Waals surface area contributed by atoms with Crippen LogP contribution < -0.4 is 0 Å². The maximum atomic E-state index is 12.4. The van der Waals surface area contributed by atoms with Crippen LogP contribution in [-0.4, -0.2) is 29.3 Å². The molecule has 1 rings (SSSR count). The molecule has 0 bridgehead atoms. The second-order valence-corrected chi connectivity index (χ2v) is 4.11. The van der Waals surface area contributed by atoms with E-state index in [4.69, 9.17) is 5.11 Å². The van der Waals surface area contributed by atoms with Gasteiger partial charge < -0.3 is 5.11 Å². The van der Waals surface area contributed by atoms with Gasteiger partial charge in [0.1, 0.15) is 0 Å². The average molecular weight is 178 g/mol. The van der Waals surface area contributed by atoms with Gasteiger partial charge in [0, 0.05) is 11.2 Å². The molecule has 11 heavy (non-hydrogen) atoms. The Kier molecular flexibility index (Phi) is 2.76. The van der Waals surface area contributed by atoms with Gasteiger partial charge in [0.05, 0.1) is 13.1 Å². The van der Waals surface area contributed by atoms with Crippen molar-refractivity contribution in [2.75, 3.05) is 18.2 Å². The first-order valence-electron chi connectivity index (χ1n) is 3.54. The first kappa shape index (κ1) is 8.84. The van der Waals surface area contributed by atoms with Gasteiger partial charge in [-0.3, -0.25) is 9.18 Å². The van der Waals surface area contributed by atoms with Crippen LogP contribution in [0.5, 0.6) is 0 Å². The van der Waals surface area contributed by atoms with Gasteiger partial charge in [-0.1, -0.05) is 0 Å². The Labute approximate surface area is 69.2 Å². The van der Waals surface area contributed by atoms with E-state index in [0.717, 1.165) is 5.75 Å². The molecule has 1 atom stereocenters. The molecule has 1 N–H and O–H groups in total. The molecule has 1 saturated heterocycles. The number of thioether (sulfide) groups is 1. The summed E-state index contributed by atoms with van der Waals surface area (Å²) in [4.78, 5) is 10.3. The fourth-order valence-corrected chi connectivity index (χ4v) is 2.74. The second-order valence-electron chi connectivity index (χ2n) is 3.01. The summed E-state index contributed by atoms with van der Waals surface area (Å²) < 4.78 is 12.4. The molecule has 0 aromatic rings. The molecule has 0 saturated carbocycles. The van der Waals surface area contributed by atoms with Crippen LogP contribution >= 0.6 is 11.8 Å². The fraction of sp³-hybridized carbons (Fsp3) is 0.857. The van der Waals surface area contributed by atoms with Gasteiger partial charge in [0.15, 0.2) is 0 Å². The molecule has 0 spiro atoms. The molecule has 1 fully saturated rings. The first-order chi connectivity index (χ1) is 5.18. The molecule has 0 aliphatic carbocycles. The lowest BCUT2D eigenvalue weighted by Gasteiger charge is -2.21. The zero-order chi connectivity index (χ0) is 8.32. The van der Waals surface area contributed by atoms with Crippen molar-refractivity contribution >= 4 is 17.7 Å². The zero-order valence-electron chi connectivity index (χ0n) is 6.18. The third kappa shape index (κ3) is 2.09. The molecule has 1 unspecified atom stereocenters. The fourth-order valence-electron chi connectivity index (χ4n) is 1.26. The maximum Gasteiger partial charge on any atom is 0.304 e. The Morgan fingerprint density at radius 1 is 1.73 bits per heavy atom. The number of aliphatic carboxylic acids is 1. The predicted octanol–water partition coefficient (Wildman–Crippen LogP) is 1.55. The quantitative estimate of drug-likeness (QED) is 0.712. The number of halogens is 1. The summed E-state index contributed by atoms with van der Waals surface area (Å²) in [6.45, 7) is -0.494.